The third kappa shape index (κ3) is 3.77. The number of halogens is 3. The lowest BCUT2D eigenvalue weighted by Gasteiger charge is -2.13. The predicted octanol–water partition coefficient (Wildman–Crippen LogP) is 4.65. The fourth-order valence-corrected chi connectivity index (χ4v) is 3.45. The molecule has 1 heterocycles. The molecule has 1 fully saturated rings. The molecule has 8 heteroatoms. The number of amides is 2. The Kier molecular flexibility index (Phi) is 5.24. The van der Waals surface area contributed by atoms with E-state index in [0.29, 0.717) is 5.02 Å². The first-order chi connectivity index (χ1) is 11.9. The Labute approximate surface area is 167 Å². The van der Waals surface area contributed by atoms with Gasteiger partial charge < -0.3 is 5.32 Å². The van der Waals surface area contributed by atoms with Crippen molar-refractivity contribution >= 4 is 74.4 Å². The average molecular weight is 456 g/mol. The van der Waals surface area contributed by atoms with Crippen LogP contribution in [-0.4, -0.2) is 21.8 Å². The molecule has 0 bridgehead atoms. The minimum Gasteiger partial charge on any atom is -0.327 e. The number of nitrogens with zero attached hydrogens (tertiary/aromatic N) is 1. The van der Waals surface area contributed by atoms with Gasteiger partial charge >= 0.3 is 0 Å². The number of nitrogens with one attached hydrogen (secondary N) is 1. The summed E-state index contributed by atoms with van der Waals surface area (Å²) in [6.07, 6.45) is 1.62. The Morgan fingerprint density at radius 1 is 1.20 bits per heavy atom. The number of hydrogen-bond acceptors (Lipinski definition) is 3. The summed E-state index contributed by atoms with van der Waals surface area (Å²) in [7, 11) is 0. The number of hydrogen-bond donors (Lipinski definition) is 1. The molecule has 0 saturated carbocycles. The van der Waals surface area contributed by atoms with Crippen molar-refractivity contribution < 1.29 is 9.59 Å². The highest BCUT2D eigenvalue weighted by atomic mass is 79.9. The van der Waals surface area contributed by atoms with Crippen LogP contribution in [0.3, 0.4) is 0 Å². The zero-order valence-corrected chi connectivity index (χ0v) is 16.3. The van der Waals surface area contributed by atoms with Crippen molar-refractivity contribution in [1.29, 1.82) is 0 Å². The lowest BCUT2D eigenvalue weighted by molar-refractivity contribution is -0.120. The van der Waals surface area contributed by atoms with E-state index in [9.17, 15) is 9.59 Å². The van der Waals surface area contributed by atoms with Crippen molar-refractivity contribution in [3.05, 3.63) is 73.8 Å². The van der Waals surface area contributed by atoms with Crippen molar-refractivity contribution in [2.24, 2.45) is 0 Å². The van der Waals surface area contributed by atoms with Crippen molar-refractivity contribution in [3.63, 3.8) is 0 Å². The molecular weight excluding hydrogens is 447 g/mol. The summed E-state index contributed by atoms with van der Waals surface area (Å²) in [5.41, 5.74) is 1.14. The molecule has 3 rings (SSSR count). The smallest absolute Gasteiger partial charge is 0.283 e. The Hall–Kier alpha value is -1.73. The molecule has 2 amide bonds. The summed E-state index contributed by atoms with van der Waals surface area (Å²) in [5, 5.41) is 3.31. The number of benzene rings is 2. The summed E-state index contributed by atoms with van der Waals surface area (Å²) >= 11 is 20.4. The molecule has 4 nitrogen and oxygen atoms in total. The lowest BCUT2D eigenvalue weighted by Crippen LogP contribution is -2.36. The molecule has 0 aromatic heterocycles. The van der Waals surface area contributed by atoms with Crippen LogP contribution in [-0.2, 0) is 4.79 Å². The second kappa shape index (κ2) is 7.25. The van der Waals surface area contributed by atoms with Crippen molar-refractivity contribution in [1.82, 2.24) is 10.2 Å². The van der Waals surface area contributed by atoms with Crippen molar-refractivity contribution in [2.75, 3.05) is 0 Å². The van der Waals surface area contributed by atoms with Gasteiger partial charge in [-0.05, 0) is 54.2 Å². The maximum atomic E-state index is 12.7. The van der Waals surface area contributed by atoms with E-state index in [1.807, 2.05) is 24.3 Å². The van der Waals surface area contributed by atoms with Crippen LogP contribution in [0.15, 0.2) is 52.6 Å². The van der Waals surface area contributed by atoms with Crippen LogP contribution in [0.2, 0.25) is 10.0 Å². The van der Waals surface area contributed by atoms with E-state index >= 15 is 0 Å². The first-order valence-corrected chi connectivity index (χ1v) is 8.94. The molecular formula is C17H9BrCl2N2O2S. The number of thiocarbonyl (C=S) groups is 1. The number of carbonyl (C=O) groups excluding carboxylic acids is 2. The van der Waals surface area contributed by atoms with Gasteiger partial charge in [-0.15, -0.1) is 0 Å². The van der Waals surface area contributed by atoms with Crippen LogP contribution in [0.4, 0.5) is 0 Å². The molecule has 0 radical (unpaired) electrons. The second-order valence-corrected chi connectivity index (χ2v) is 7.26. The van der Waals surface area contributed by atoms with Crippen LogP contribution in [0.25, 0.3) is 6.08 Å². The van der Waals surface area contributed by atoms with Crippen LogP contribution >= 0.6 is 51.3 Å². The fourth-order valence-electron chi connectivity index (χ4n) is 2.27. The molecule has 1 aliphatic rings. The monoisotopic (exact) mass is 454 g/mol. The summed E-state index contributed by atoms with van der Waals surface area (Å²) in [6, 6.07) is 11.8. The third-order valence-electron chi connectivity index (χ3n) is 3.40. The standard InChI is InChI=1S/C17H9BrCl2N2O2S/c18-10-3-1-2-9(6-10)7-14-16(24)22(17(25)21-14)15(23)12-5-4-11(19)8-13(12)20/h1-8H,(H,21,25)/b14-7-. The molecule has 126 valence electrons. The van der Waals surface area contributed by atoms with Gasteiger partial charge in [-0.1, -0.05) is 51.3 Å². The Morgan fingerprint density at radius 3 is 2.64 bits per heavy atom. The highest BCUT2D eigenvalue weighted by Crippen LogP contribution is 2.25. The highest BCUT2D eigenvalue weighted by Gasteiger charge is 2.36. The van der Waals surface area contributed by atoms with Crippen LogP contribution in [0.5, 0.6) is 0 Å². The van der Waals surface area contributed by atoms with E-state index in [2.05, 4.69) is 21.2 Å². The van der Waals surface area contributed by atoms with E-state index in [1.54, 1.807) is 6.08 Å². The third-order valence-corrected chi connectivity index (χ3v) is 4.73. The zero-order valence-electron chi connectivity index (χ0n) is 12.4. The number of imide groups is 1. The van der Waals surface area contributed by atoms with E-state index in [1.165, 1.54) is 18.2 Å². The largest absolute Gasteiger partial charge is 0.327 e. The molecule has 2 aromatic carbocycles. The molecule has 1 aliphatic heterocycles. The zero-order chi connectivity index (χ0) is 18.1. The first-order valence-electron chi connectivity index (χ1n) is 6.99. The topological polar surface area (TPSA) is 49.4 Å². The second-order valence-electron chi connectivity index (χ2n) is 5.11. The van der Waals surface area contributed by atoms with E-state index in [-0.39, 0.29) is 21.4 Å². The Balaban J connectivity index is 1.92. The predicted molar refractivity (Wildman–Crippen MR) is 105 cm³/mol. The van der Waals surface area contributed by atoms with E-state index < -0.39 is 11.8 Å². The molecule has 0 atom stereocenters. The van der Waals surface area contributed by atoms with Gasteiger partial charge in [0.25, 0.3) is 11.8 Å². The average Bonchev–Trinajstić information content (AvgIpc) is 2.81. The minimum atomic E-state index is -0.609. The Morgan fingerprint density at radius 2 is 1.96 bits per heavy atom. The molecule has 1 N–H and O–H groups in total. The summed E-state index contributed by atoms with van der Waals surface area (Å²) in [4.78, 5) is 26.2. The van der Waals surface area contributed by atoms with Gasteiger partial charge in [0.05, 0.1) is 10.6 Å². The lowest BCUT2D eigenvalue weighted by atomic mass is 10.2. The minimum absolute atomic E-state index is 0.00210. The maximum absolute atomic E-state index is 12.7. The molecule has 1 saturated heterocycles. The molecule has 25 heavy (non-hydrogen) atoms. The van der Waals surface area contributed by atoms with Crippen molar-refractivity contribution in [3.8, 4) is 0 Å². The van der Waals surface area contributed by atoms with Gasteiger partial charge in [0, 0.05) is 9.50 Å². The fraction of sp³-hybridized carbons (Fsp3) is 0. The van der Waals surface area contributed by atoms with Gasteiger partial charge in [-0.25, -0.2) is 4.90 Å². The molecule has 0 spiro atoms. The van der Waals surface area contributed by atoms with Crippen LogP contribution in [0.1, 0.15) is 15.9 Å². The number of carbonyl (C=O) groups is 2. The van der Waals surface area contributed by atoms with Gasteiger partial charge in [0.1, 0.15) is 5.70 Å². The normalized spacial score (nSPS) is 15.6. The highest BCUT2D eigenvalue weighted by molar-refractivity contribution is 9.10. The Bertz CT molecular complexity index is 946. The molecule has 2 aromatic rings. The van der Waals surface area contributed by atoms with Gasteiger partial charge in [0.15, 0.2) is 5.11 Å². The van der Waals surface area contributed by atoms with Crippen molar-refractivity contribution in [2.45, 2.75) is 0 Å². The quantitative estimate of drug-likeness (QED) is 0.406. The summed E-state index contributed by atoms with van der Waals surface area (Å²) < 4.78 is 0.871. The number of rotatable bonds is 2. The molecule has 0 unspecified atom stereocenters. The summed E-state index contributed by atoms with van der Waals surface area (Å²) in [5.74, 6) is -1.15. The van der Waals surface area contributed by atoms with Gasteiger partial charge in [0.2, 0.25) is 0 Å². The van der Waals surface area contributed by atoms with Gasteiger partial charge in [-0.3, -0.25) is 9.59 Å². The maximum Gasteiger partial charge on any atom is 0.283 e. The SMILES string of the molecule is O=C1/C(=C/c2cccc(Br)c2)NC(=S)N1C(=O)c1ccc(Cl)cc1Cl. The first kappa shape index (κ1) is 18.1. The van der Waals surface area contributed by atoms with E-state index in [0.717, 1.165) is 14.9 Å². The molecule has 0 aliphatic carbocycles. The van der Waals surface area contributed by atoms with Gasteiger partial charge in [-0.2, -0.15) is 0 Å². The summed E-state index contributed by atoms with van der Waals surface area (Å²) in [6.45, 7) is 0. The van der Waals surface area contributed by atoms with E-state index in [4.69, 9.17) is 35.4 Å². The van der Waals surface area contributed by atoms with Crippen LogP contribution in [0, 0.1) is 0 Å². The van der Waals surface area contributed by atoms with Crippen LogP contribution < -0.4 is 5.32 Å².